The number of benzene rings is 1. The smallest absolute Gasteiger partial charge is 0.305 e. The van der Waals surface area contributed by atoms with Crippen molar-refractivity contribution in [1.29, 1.82) is 0 Å². The van der Waals surface area contributed by atoms with Crippen molar-refractivity contribution in [1.82, 2.24) is 5.32 Å². The zero-order valence-corrected chi connectivity index (χ0v) is 19.3. The van der Waals surface area contributed by atoms with Crippen LogP contribution in [0.3, 0.4) is 0 Å². The highest BCUT2D eigenvalue weighted by Crippen LogP contribution is 2.57. The first-order valence-electron chi connectivity index (χ1n) is 11.8. The predicted molar refractivity (Wildman–Crippen MR) is 120 cm³/mol. The summed E-state index contributed by atoms with van der Waals surface area (Å²) in [6.07, 6.45) is 7.81. The number of ether oxygens (including phenoxy) is 1. The molecule has 29 heavy (non-hydrogen) atoms. The third kappa shape index (κ3) is 4.71. The molecule has 162 valence electrons. The summed E-state index contributed by atoms with van der Waals surface area (Å²) in [7, 11) is 0. The standard InChI is InChI=1S/C26H41NO2/c1-6-29-24(28)9-7-16-27-18-25(4)14-8-15-26(5)22-12-10-20(19(2)3)17-21(22)11-13-23(25)26/h10,12,17,19,23,27H,6-9,11,13-16,18H2,1-5H3. The van der Waals surface area contributed by atoms with Gasteiger partial charge in [-0.1, -0.05) is 52.3 Å². The molecule has 0 aromatic heterocycles. The number of hydrogen-bond acceptors (Lipinski definition) is 3. The maximum absolute atomic E-state index is 11.5. The molecule has 0 bridgehead atoms. The van der Waals surface area contributed by atoms with E-state index in [1.807, 2.05) is 6.92 Å². The lowest BCUT2D eigenvalue weighted by atomic mass is 9.49. The van der Waals surface area contributed by atoms with E-state index in [1.165, 1.54) is 37.7 Å². The normalized spacial score (nSPS) is 28.7. The Labute approximate surface area is 178 Å². The SMILES string of the molecule is CCOC(=O)CCCNCC1(C)CCCC2(C)c3ccc(C(C)C)cc3CCC12. The van der Waals surface area contributed by atoms with Gasteiger partial charge in [-0.15, -0.1) is 0 Å². The topological polar surface area (TPSA) is 38.3 Å². The molecule has 3 rings (SSSR count). The lowest BCUT2D eigenvalue weighted by Gasteiger charge is -2.55. The van der Waals surface area contributed by atoms with Crippen molar-refractivity contribution >= 4 is 5.97 Å². The Morgan fingerprint density at radius 2 is 2.07 bits per heavy atom. The molecule has 3 heteroatoms. The number of carbonyl (C=O) groups excluding carboxylic acids is 1. The number of aryl methyl sites for hydroxylation is 1. The Bertz CT molecular complexity index is 713. The molecule has 1 N–H and O–H groups in total. The van der Waals surface area contributed by atoms with Crippen molar-refractivity contribution in [3.63, 3.8) is 0 Å². The van der Waals surface area contributed by atoms with E-state index in [2.05, 4.69) is 51.2 Å². The van der Waals surface area contributed by atoms with Crippen molar-refractivity contribution in [3.8, 4) is 0 Å². The minimum absolute atomic E-state index is 0.0737. The van der Waals surface area contributed by atoms with Gasteiger partial charge in [0.2, 0.25) is 0 Å². The van der Waals surface area contributed by atoms with Crippen LogP contribution < -0.4 is 5.32 Å². The first-order chi connectivity index (χ1) is 13.8. The first kappa shape index (κ1) is 22.3. The summed E-state index contributed by atoms with van der Waals surface area (Å²) in [5.74, 6) is 1.25. The summed E-state index contributed by atoms with van der Waals surface area (Å²) in [4.78, 5) is 11.5. The fourth-order valence-corrected chi connectivity index (χ4v) is 6.18. The molecule has 1 saturated carbocycles. The fourth-order valence-electron chi connectivity index (χ4n) is 6.18. The fraction of sp³-hybridized carbons (Fsp3) is 0.731. The lowest BCUT2D eigenvalue weighted by molar-refractivity contribution is -0.143. The highest BCUT2D eigenvalue weighted by Gasteiger charge is 2.51. The minimum Gasteiger partial charge on any atom is -0.466 e. The van der Waals surface area contributed by atoms with Gasteiger partial charge in [0.1, 0.15) is 0 Å². The van der Waals surface area contributed by atoms with Crippen LogP contribution in [0.1, 0.15) is 95.8 Å². The Hall–Kier alpha value is -1.35. The van der Waals surface area contributed by atoms with Crippen LogP contribution in [0.25, 0.3) is 0 Å². The molecule has 3 unspecified atom stereocenters. The largest absolute Gasteiger partial charge is 0.466 e. The van der Waals surface area contributed by atoms with E-state index in [-0.39, 0.29) is 5.97 Å². The van der Waals surface area contributed by atoms with Crippen molar-refractivity contribution in [2.45, 2.75) is 90.9 Å². The molecule has 0 heterocycles. The van der Waals surface area contributed by atoms with E-state index in [0.29, 0.717) is 29.8 Å². The zero-order valence-electron chi connectivity index (χ0n) is 19.3. The third-order valence-corrected chi connectivity index (χ3v) is 7.74. The van der Waals surface area contributed by atoms with E-state index in [4.69, 9.17) is 4.74 Å². The molecule has 1 fully saturated rings. The van der Waals surface area contributed by atoms with Gasteiger partial charge in [0.15, 0.2) is 0 Å². The molecule has 0 radical (unpaired) electrons. The van der Waals surface area contributed by atoms with E-state index >= 15 is 0 Å². The van der Waals surface area contributed by atoms with Crippen molar-refractivity contribution < 1.29 is 9.53 Å². The van der Waals surface area contributed by atoms with Crippen molar-refractivity contribution in [2.24, 2.45) is 11.3 Å². The quantitative estimate of drug-likeness (QED) is 0.446. The van der Waals surface area contributed by atoms with Crippen molar-refractivity contribution in [2.75, 3.05) is 19.7 Å². The second kappa shape index (κ2) is 9.20. The van der Waals surface area contributed by atoms with Gasteiger partial charge in [-0.25, -0.2) is 0 Å². The molecule has 0 aliphatic heterocycles. The summed E-state index contributed by atoms with van der Waals surface area (Å²) in [6.45, 7) is 13.9. The minimum atomic E-state index is -0.0737. The van der Waals surface area contributed by atoms with Gasteiger partial charge in [-0.3, -0.25) is 4.79 Å². The number of rotatable bonds is 8. The van der Waals surface area contributed by atoms with Gasteiger partial charge in [0.05, 0.1) is 6.61 Å². The summed E-state index contributed by atoms with van der Waals surface area (Å²) in [5, 5.41) is 3.68. The van der Waals surface area contributed by atoms with Crippen LogP contribution in [0.4, 0.5) is 0 Å². The second-order valence-electron chi connectivity index (χ2n) is 10.2. The molecule has 0 spiro atoms. The Balaban J connectivity index is 1.66. The van der Waals surface area contributed by atoms with Gasteiger partial charge in [-0.05, 0) is 84.9 Å². The summed E-state index contributed by atoms with van der Waals surface area (Å²) in [5.41, 5.74) is 5.31. The molecule has 0 saturated heterocycles. The molecule has 0 amide bonds. The molecular formula is C26H41NO2. The molecule has 2 aliphatic rings. The Morgan fingerprint density at radius 1 is 1.28 bits per heavy atom. The van der Waals surface area contributed by atoms with E-state index in [0.717, 1.165) is 25.4 Å². The number of carbonyl (C=O) groups is 1. The van der Waals surface area contributed by atoms with Crippen LogP contribution in [-0.4, -0.2) is 25.7 Å². The van der Waals surface area contributed by atoms with Crippen LogP contribution >= 0.6 is 0 Å². The number of nitrogens with one attached hydrogen (secondary N) is 1. The maximum Gasteiger partial charge on any atom is 0.305 e. The lowest BCUT2D eigenvalue weighted by Crippen LogP contribution is -2.52. The van der Waals surface area contributed by atoms with Crippen LogP contribution in [0.2, 0.25) is 0 Å². The Kier molecular flexibility index (Phi) is 7.09. The van der Waals surface area contributed by atoms with Gasteiger partial charge < -0.3 is 10.1 Å². The molecular weight excluding hydrogens is 358 g/mol. The van der Waals surface area contributed by atoms with E-state index in [9.17, 15) is 4.79 Å². The zero-order chi connectivity index (χ0) is 21.1. The highest BCUT2D eigenvalue weighted by molar-refractivity contribution is 5.69. The number of hydrogen-bond donors (Lipinski definition) is 1. The van der Waals surface area contributed by atoms with Crippen LogP contribution in [-0.2, 0) is 21.4 Å². The molecule has 3 nitrogen and oxygen atoms in total. The Morgan fingerprint density at radius 3 is 2.79 bits per heavy atom. The maximum atomic E-state index is 11.5. The van der Waals surface area contributed by atoms with Gasteiger partial charge in [0.25, 0.3) is 0 Å². The summed E-state index contributed by atoms with van der Waals surface area (Å²) >= 11 is 0. The average Bonchev–Trinajstić information content (AvgIpc) is 2.67. The van der Waals surface area contributed by atoms with E-state index < -0.39 is 0 Å². The predicted octanol–water partition coefficient (Wildman–Crippen LogP) is 5.75. The molecule has 1 aromatic rings. The summed E-state index contributed by atoms with van der Waals surface area (Å²) in [6, 6.07) is 7.31. The first-order valence-corrected chi connectivity index (χ1v) is 11.8. The third-order valence-electron chi connectivity index (χ3n) is 7.74. The van der Waals surface area contributed by atoms with Gasteiger partial charge in [0, 0.05) is 13.0 Å². The highest BCUT2D eigenvalue weighted by atomic mass is 16.5. The van der Waals surface area contributed by atoms with Gasteiger partial charge in [-0.2, -0.15) is 0 Å². The van der Waals surface area contributed by atoms with Gasteiger partial charge >= 0.3 is 5.97 Å². The van der Waals surface area contributed by atoms with Crippen LogP contribution in [0.15, 0.2) is 18.2 Å². The molecule has 3 atom stereocenters. The molecule has 1 aromatic carbocycles. The second-order valence-corrected chi connectivity index (χ2v) is 10.2. The number of esters is 1. The van der Waals surface area contributed by atoms with Crippen LogP contribution in [0.5, 0.6) is 0 Å². The average molecular weight is 400 g/mol. The van der Waals surface area contributed by atoms with E-state index in [1.54, 1.807) is 11.1 Å². The molecule has 2 aliphatic carbocycles. The monoisotopic (exact) mass is 399 g/mol. The van der Waals surface area contributed by atoms with Crippen LogP contribution in [0, 0.1) is 11.3 Å². The number of fused-ring (bicyclic) bond motifs is 3. The summed E-state index contributed by atoms with van der Waals surface area (Å²) < 4.78 is 5.03. The van der Waals surface area contributed by atoms with Crippen molar-refractivity contribution in [3.05, 3.63) is 34.9 Å².